The molecule has 2 aromatic heterocycles. The quantitative estimate of drug-likeness (QED) is 0.766. The van der Waals surface area contributed by atoms with E-state index < -0.39 is 0 Å². The molecule has 0 radical (unpaired) electrons. The lowest BCUT2D eigenvalue weighted by Crippen LogP contribution is -2.15. The van der Waals surface area contributed by atoms with Gasteiger partial charge in [-0.25, -0.2) is 9.97 Å². The molecule has 6 heteroatoms. The second-order valence-electron chi connectivity index (χ2n) is 5.10. The van der Waals surface area contributed by atoms with Crippen LogP contribution in [0, 0.1) is 6.92 Å². The topological polar surface area (TPSA) is 54.9 Å². The third-order valence-electron chi connectivity index (χ3n) is 3.15. The van der Waals surface area contributed by atoms with Gasteiger partial charge in [0, 0.05) is 17.1 Å². The molecule has 0 atom stereocenters. The van der Waals surface area contributed by atoms with Crippen molar-refractivity contribution < 1.29 is 4.79 Å². The summed E-state index contributed by atoms with van der Waals surface area (Å²) in [6.07, 6.45) is 1.71. The highest BCUT2D eigenvalue weighted by atomic mass is 35.5. The first-order chi connectivity index (χ1) is 11.1. The number of hydrogen-bond donors (Lipinski definition) is 1. The molecule has 0 unspecified atom stereocenters. The van der Waals surface area contributed by atoms with Crippen LogP contribution in [-0.2, 0) is 11.2 Å². The number of halogens is 1. The van der Waals surface area contributed by atoms with Crippen molar-refractivity contribution in [2.75, 3.05) is 5.32 Å². The summed E-state index contributed by atoms with van der Waals surface area (Å²) in [5.41, 5.74) is 3.00. The Bertz CT molecular complexity index is 830. The first-order valence-electron chi connectivity index (χ1n) is 7.03. The van der Waals surface area contributed by atoms with Gasteiger partial charge < -0.3 is 5.32 Å². The summed E-state index contributed by atoms with van der Waals surface area (Å²) < 4.78 is 0. The maximum atomic E-state index is 12.0. The maximum absolute atomic E-state index is 12.0. The average molecular weight is 344 g/mol. The lowest BCUT2D eigenvalue weighted by molar-refractivity contribution is -0.115. The molecule has 2 heterocycles. The maximum Gasteiger partial charge on any atom is 0.231 e. The Hall–Kier alpha value is -2.24. The van der Waals surface area contributed by atoms with Gasteiger partial charge in [0.1, 0.15) is 10.8 Å². The van der Waals surface area contributed by atoms with Gasteiger partial charge in [-0.15, -0.1) is 11.3 Å². The van der Waals surface area contributed by atoms with Gasteiger partial charge >= 0.3 is 0 Å². The number of carbonyl (C=O) groups excluding carboxylic acids is 1. The smallest absolute Gasteiger partial charge is 0.231 e. The van der Waals surface area contributed by atoms with E-state index in [0.717, 1.165) is 16.3 Å². The molecule has 0 fully saturated rings. The summed E-state index contributed by atoms with van der Waals surface area (Å²) in [6.45, 7) is 2.05. The van der Waals surface area contributed by atoms with Crippen LogP contribution >= 0.6 is 22.9 Å². The van der Waals surface area contributed by atoms with Crippen LogP contribution in [-0.4, -0.2) is 15.9 Å². The van der Waals surface area contributed by atoms with Gasteiger partial charge in [-0.3, -0.25) is 4.79 Å². The SMILES string of the molecule is Cc1cccc(-c2nc(CC(=O)Nc3ccc(Cl)cn3)cs2)c1. The van der Waals surface area contributed by atoms with E-state index in [4.69, 9.17) is 11.6 Å². The van der Waals surface area contributed by atoms with Crippen molar-refractivity contribution in [2.24, 2.45) is 0 Å². The number of nitrogens with one attached hydrogen (secondary N) is 1. The fourth-order valence-electron chi connectivity index (χ4n) is 2.10. The third-order valence-corrected chi connectivity index (χ3v) is 4.32. The van der Waals surface area contributed by atoms with Crippen LogP contribution in [0.25, 0.3) is 10.6 Å². The molecule has 0 aliphatic heterocycles. The Labute approximate surface area is 143 Å². The molecule has 3 aromatic rings. The molecule has 1 amide bonds. The van der Waals surface area contributed by atoms with E-state index in [-0.39, 0.29) is 12.3 Å². The largest absolute Gasteiger partial charge is 0.310 e. The molecule has 23 heavy (non-hydrogen) atoms. The Morgan fingerprint density at radius 1 is 1.30 bits per heavy atom. The zero-order chi connectivity index (χ0) is 16.2. The second kappa shape index (κ2) is 6.89. The first-order valence-corrected chi connectivity index (χ1v) is 8.29. The Kier molecular flexibility index (Phi) is 4.69. The van der Waals surface area contributed by atoms with Crippen LogP contribution in [0.5, 0.6) is 0 Å². The summed E-state index contributed by atoms with van der Waals surface area (Å²) >= 11 is 7.30. The van der Waals surface area contributed by atoms with Gasteiger partial charge in [0.15, 0.2) is 0 Å². The van der Waals surface area contributed by atoms with Gasteiger partial charge in [-0.05, 0) is 25.1 Å². The Morgan fingerprint density at radius 2 is 2.17 bits per heavy atom. The van der Waals surface area contributed by atoms with Crippen LogP contribution in [0.4, 0.5) is 5.82 Å². The summed E-state index contributed by atoms with van der Waals surface area (Å²) in [7, 11) is 0. The van der Waals surface area contributed by atoms with Gasteiger partial charge in [0.25, 0.3) is 0 Å². The molecule has 4 nitrogen and oxygen atoms in total. The number of amides is 1. The van der Waals surface area contributed by atoms with Crippen molar-refractivity contribution in [1.29, 1.82) is 0 Å². The Morgan fingerprint density at radius 3 is 2.91 bits per heavy atom. The highest BCUT2D eigenvalue weighted by Gasteiger charge is 2.10. The lowest BCUT2D eigenvalue weighted by atomic mass is 10.1. The van der Waals surface area contributed by atoms with Gasteiger partial charge in [-0.1, -0.05) is 35.4 Å². The first kappa shape index (κ1) is 15.6. The number of aryl methyl sites for hydroxylation is 1. The minimum atomic E-state index is -0.152. The molecule has 0 saturated carbocycles. The number of rotatable bonds is 4. The standard InChI is InChI=1S/C17H14ClN3OS/c1-11-3-2-4-12(7-11)17-20-14(10-23-17)8-16(22)21-15-6-5-13(18)9-19-15/h2-7,9-10H,8H2,1H3,(H,19,21,22). The van der Waals surface area contributed by atoms with Crippen LogP contribution < -0.4 is 5.32 Å². The van der Waals surface area contributed by atoms with E-state index >= 15 is 0 Å². The van der Waals surface area contributed by atoms with E-state index in [1.54, 1.807) is 12.1 Å². The van der Waals surface area contributed by atoms with Crippen LogP contribution in [0.3, 0.4) is 0 Å². The highest BCUT2D eigenvalue weighted by molar-refractivity contribution is 7.13. The summed E-state index contributed by atoms with van der Waals surface area (Å²) in [5, 5.41) is 6.09. The van der Waals surface area contributed by atoms with Crippen LogP contribution in [0.15, 0.2) is 48.0 Å². The van der Waals surface area contributed by atoms with Crippen molar-refractivity contribution in [2.45, 2.75) is 13.3 Å². The number of carbonyl (C=O) groups is 1. The van der Waals surface area contributed by atoms with E-state index in [1.165, 1.54) is 23.1 Å². The average Bonchev–Trinajstić information content (AvgIpc) is 2.98. The molecule has 1 aromatic carbocycles. The molecule has 0 bridgehead atoms. The molecule has 0 aliphatic rings. The number of nitrogens with zero attached hydrogens (tertiary/aromatic N) is 2. The number of anilines is 1. The fraction of sp³-hybridized carbons (Fsp3) is 0.118. The molecule has 0 spiro atoms. The monoisotopic (exact) mass is 343 g/mol. The van der Waals surface area contributed by atoms with Crippen molar-refractivity contribution in [3.05, 3.63) is 64.3 Å². The number of hydrogen-bond acceptors (Lipinski definition) is 4. The number of pyridine rings is 1. The molecule has 0 saturated heterocycles. The molecular formula is C17H14ClN3OS. The zero-order valence-corrected chi connectivity index (χ0v) is 14.0. The number of aromatic nitrogens is 2. The summed E-state index contributed by atoms with van der Waals surface area (Å²) in [6, 6.07) is 11.5. The molecule has 116 valence electrons. The fourth-order valence-corrected chi connectivity index (χ4v) is 3.03. The Balaban J connectivity index is 1.66. The molecule has 1 N–H and O–H groups in total. The van der Waals surface area contributed by atoms with Crippen LogP contribution in [0.1, 0.15) is 11.3 Å². The van der Waals surface area contributed by atoms with E-state index in [9.17, 15) is 4.79 Å². The summed E-state index contributed by atoms with van der Waals surface area (Å²) in [4.78, 5) is 20.6. The number of thiazole rings is 1. The molecule has 3 rings (SSSR count). The summed E-state index contributed by atoms with van der Waals surface area (Å²) in [5.74, 6) is 0.328. The second-order valence-corrected chi connectivity index (χ2v) is 6.39. The highest BCUT2D eigenvalue weighted by Crippen LogP contribution is 2.24. The van der Waals surface area contributed by atoms with Gasteiger partial charge in [0.05, 0.1) is 17.1 Å². The normalized spacial score (nSPS) is 10.5. The van der Waals surface area contributed by atoms with E-state index in [0.29, 0.717) is 10.8 Å². The predicted octanol–water partition coefficient (Wildman–Crippen LogP) is 4.35. The molecular weight excluding hydrogens is 330 g/mol. The minimum Gasteiger partial charge on any atom is -0.310 e. The third kappa shape index (κ3) is 4.15. The van der Waals surface area contributed by atoms with Crippen LogP contribution in [0.2, 0.25) is 5.02 Å². The molecule has 0 aliphatic carbocycles. The van der Waals surface area contributed by atoms with E-state index in [2.05, 4.69) is 21.4 Å². The zero-order valence-electron chi connectivity index (χ0n) is 12.4. The van der Waals surface area contributed by atoms with Crippen molar-refractivity contribution in [3.63, 3.8) is 0 Å². The van der Waals surface area contributed by atoms with Gasteiger partial charge in [-0.2, -0.15) is 0 Å². The number of benzene rings is 1. The predicted molar refractivity (Wildman–Crippen MR) is 93.9 cm³/mol. The van der Waals surface area contributed by atoms with Crippen molar-refractivity contribution >= 4 is 34.7 Å². The van der Waals surface area contributed by atoms with Crippen molar-refractivity contribution in [1.82, 2.24) is 9.97 Å². The van der Waals surface area contributed by atoms with Crippen molar-refractivity contribution in [3.8, 4) is 10.6 Å². The van der Waals surface area contributed by atoms with Gasteiger partial charge in [0.2, 0.25) is 5.91 Å². The lowest BCUT2D eigenvalue weighted by Gasteiger charge is -2.02. The van der Waals surface area contributed by atoms with E-state index in [1.807, 2.05) is 30.5 Å². The minimum absolute atomic E-state index is 0.152.